The summed E-state index contributed by atoms with van der Waals surface area (Å²) in [4.78, 5) is 11.8. The van der Waals surface area contributed by atoms with Gasteiger partial charge in [-0.25, -0.2) is 0 Å². The van der Waals surface area contributed by atoms with Crippen molar-refractivity contribution in [2.24, 2.45) is 0 Å². The second-order valence-electron chi connectivity index (χ2n) is 3.26. The fourth-order valence-electron chi connectivity index (χ4n) is 1.21. The van der Waals surface area contributed by atoms with Crippen molar-refractivity contribution >= 4 is 49.5 Å². The molecule has 5 heteroatoms. The molecule has 0 radical (unpaired) electrons. The summed E-state index contributed by atoms with van der Waals surface area (Å²) >= 11 is 8.51. The number of benzene rings is 1. The normalized spacial score (nSPS) is 10.2. The van der Waals surface area contributed by atoms with Gasteiger partial charge in [-0.2, -0.15) is 11.8 Å². The molecule has 2 nitrogen and oxygen atoms in total. The summed E-state index contributed by atoms with van der Waals surface area (Å²) in [7, 11) is 0. The molecule has 1 N–H and O–H groups in total. The Kier molecular flexibility index (Phi) is 6.46. The highest BCUT2D eigenvalue weighted by Crippen LogP contribution is 2.19. The third kappa shape index (κ3) is 4.89. The summed E-state index contributed by atoms with van der Waals surface area (Å²) in [5.41, 5.74) is 0.672. The molecular formula is C11H13Br2NOS. The van der Waals surface area contributed by atoms with Gasteiger partial charge in [0, 0.05) is 21.1 Å². The summed E-state index contributed by atoms with van der Waals surface area (Å²) in [5.74, 6) is 1.05. The minimum Gasteiger partial charge on any atom is -0.352 e. The van der Waals surface area contributed by atoms with Gasteiger partial charge in [-0.05, 0) is 36.6 Å². The first-order valence-corrected chi connectivity index (χ1v) is 7.84. The van der Waals surface area contributed by atoms with Crippen LogP contribution in [0, 0.1) is 0 Å². The first kappa shape index (κ1) is 14.1. The Morgan fingerprint density at radius 2 is 1.94 bits per heavy atom. The average molecular weight is 367 g/mol. The quantitative estimate of drug-likeness (QED) is 0.805. The van der Waals surface area contributed by atoms with Gasteiger partial charge < -0.3 is 5.32 Å². The third-order valence-corrected chi connectivity index (χ3v) is 3.55. The van der Waals surface area contributed by atoms with Crippen molar-refractivity contribution in [2.45, 2.75) is 6.42 Å². The molecule has 0 aliphatic carbocycles. The second kappa shape index (κ2) is 7.35. The number of hydrogen-bond acceptors (Lipinski definition) is 2. The van der Waals surface area contributed by atoms with Crippen LogP contribution in [0.5, 0.6) is 0 Å². The smallest absolute Gasteiger partial charge is 0.251 e. The molecule has 0 aliphatic rings. The van der Waals surface area contributed by atoms with E-state index in [-0.39, 0.29) is 5.91 Å². The summed E-state index contributed by atoms with van der Waals surface area (Å²) in [6.07, 6.45) is 3.06. The first-order chi connectivity index (χ1) is 7.63. The van der Waals surface area contributed by atoms with Crippen molar-refractivity contribution in [3.05, 3.63) is 32.7 Å². The van der Waals surface area contributed by atoms with Crippen LogP contribution in [0.3, 0.4) is 0 Å². The minimum absolute atomic E-state index is 0.0249. The summed E-state index contributed by atoms with van der Waals surface area (Å²) in [5, 5.41) is 2.89. The number of halogens is 2. The van der Waals surface area contributed by atoms with Crippen molar-refractivity contribution < 1.29 is 4.79 Å². The lowest BCUT2D eigenvalue weighted by Gasteiger charge is -2.05. The Hall–Kier alpha value is -0.000000000000000111. The molecular weight excluding hydrogens is 354 g/mol. The highest BCUT2D eigenvalue weighted by atomic mass is 79.9. The maximum Gasteiger partial charge on any atom is 0.251 e. The van der Waals surface area contributed by atoms with Gasteiger partial charge in [0.25, 0.3) is 5.91 Å². The molecule has 16 heavy (non-hydrogen) atoms. The van der Waals surface area contributed by atoms with Crippen molar-refractivity contribution in [1.82, 2.24) is 5.32 Å². The molecule has 0 saturated carbocycles. The van der Waals surface area contributed by atoms with Gasteiger partial charge in [-0.15, -0.1) is 0 Å². The number of rotatable bonds is 5. The number of carbonyl (C=O) groups is 1. The zero-order valence-corrected chi connectivity index (χ0v) is 12.9. The van der Waals surface area contributed by atoms with Gasteiger partial charge >= 0.3 is 0 Å². The van der Waals surface area contributed by atoms with E-state index in [0.29, 0.717) is 5.56 Å². The number of amides is 1. The number of hydrogen-bond donors (Lipinski definition) is 1. The molecule has 0 heterocycles. The predicted octanol–water partition coefficient (Wildman–Crippen LogP) is 3.69. The van der Waals surface area contributed by atoms with E-state index in [0.717, 1.165) is 27.7 Å². The van der Waals surface area contributed by atoms with Crippen molar-refractivity contribution in [2.75, 3.05) is 18.6 Å². The third-order valence-electron chi connectivity index (χ3n) is 1.94. The Morgan fingerprint density at radius 3 is 2.50 bits per heavy atom. The monoisotopic (exact) mass is 365 g/mol. The van der Waals surface area contributed by atoms with Gasteiger partial charge in [0.1, 0.15) is 0 Å². The fraction of sp³-hybridized carbons (Fsp3) is 0.364. The van der Waals surface area contributed by atoms with E-state index in [1.807, 2.05) is 18.2 Å². The van der Waals surface area contributed by atoms with E-state index in [9.17, 15) is 4.79 Å². The van der Waals surface area contributed by atoms with E-state index in [1.54, 1.807) is 11.8 Å². The Labute approximate surface area is 117 Å². The molecule has 88 valence electrons. The van der Waals surface area contributed by atoms with Gasteiger partial charge in [-0.3, -0.25) is 4.79 Å². The lowest BCUT2D eigenvalue weighted by atomic mass is 10.2. The fourth-order valence-corrected chi connectivity index (χ4v) is 2.93. The van der Waals surface area contributed by atoms with Crippen molar-refractivity contribution in [3.63, 3.8) is 0 Å². The zero-order valence-electron chi connectivity index (χ0n) is 8.93. The molecule has 1 rings (SSSR count). The molecule has 0 fully saturated rings. The van der Waals surface area contributed by atoms with Crippen LogP contribution in [0.15, 0.2) is 27.1 Å². The highest BCUT2D eigenvalue weighted by molar-refractivity contribution is 9.11. The van der Waals surface area contributed by atoms with Crippen LogP contribution in [0.1, 0.15) is 16.8 Å². The van der Waals surface area contributed by atoms with Gasteiger partial charge in [0.2, 0.25) is 0 Å². The van der Waals surface area contributed by atoms with Crippen molar-refractivity contribution in [1.29, 1.82) is 0 Å². The number of carbonyl (C=O) groups excluding carboxylic acids is 1. The van der Waals surface area contributed by atoms with Crippen LogP contribution in [0.25, 0.3) is 0 Å². The maximum absolute atomic E-state index is 11.8. The number of nitrogens with one attached hydrogen (secondary N) is 1. The average Bonchev–Trinajstić information content (AvgIpc) is 2.22. The van der Waals surface area contributed by atoms with Gasteiger partial charge in [-0.1, -0.05) is 31.9 Å². The molecule has 1 amide bonds. The van der Waals surface area contributed by atoms with E-state index >= 15 is 0 Å². The molecule has 1 aromatic carbocycles. The minimum atomic E-state index is -0.0249. The second-order valence-corrected chi connectivity index (χ2v) is 6.08. The largest absolute Gasteiger partial charge is 0.352 e. The van der Waals surface area contributed by atoms with Crippen LogP contribution in [0.2, 0.25) is 0 Å². The Bertz CT molecular complexity index is 351. The van der Waals surface area contributed by atoms with Gasteiger partial charge in [0.05, 0.1) is 0 Å². The molecule has 0 atom stereocenters. The lowest BCUT2D eigenvalue weighted by molar-refractivity contribution is 0.0953. The van der Waals surface area contributed by atoms with Crippen LogP contribution < -0.4 is 5.32 Å². The molecule has 0 unspecified atom stereocenters. The first-order valence-electron chi connectivity index (χ1n) is 4.86. The topological polar surface area (TPSA) is 29.1 Å². The number of thioether (sulfide) groups is 1. The SMILES string of the molecule is CSCCCNC(=O)c1cc(Br)cc(Br)c1. The standard InChI is InChI=1S/C11H13Br2NOS/c1-16-4-2-3-14-11(15)8-5-9(12)7-10(13)6-8/h5-7H,2-4H2,1H3,(H,14,15). The molecule has 0 aromatic heterocycles. The molecule has 1 aromatic rings. The highest BCUT2D eigenvalue weighted by Gasteiger charge is 2.06. The van der Waals surface area contributed by atoms with Crippen LogP contribution in [-0.2, 0) is 0 Å². The summed E-state index contributed by atoms with van der Waals surface area (Å²) < 4.78 is 1.80. The molecule has 0 saturated heterocycles. The lowest BCUT2D eigenvalue weighted by Crippen LogP contribution is -2.24. The Morgan fingerprint density at radius 1 is 1.31 bits per heavy atom. The summed E-state index contributed by atoms with van der Waals surface area (Å²) in [6, 6.07) is 5.54. The maximum atomic E-state index is 11.8. The van der Waals surface area contributed by atoms with E-state index < -0.39 is 0 Å². The van der Waals surface area contributed by atoms with E-state index in [2.05, 4.69) is 43.4 Å². The van der Waals surface area contributed by atoms with E-state index in [1.165, 1.54) is 0 Å². The molecule has 0 spiro atoms. The van der Waals surface area contributed by atoms with Crippen LogP contribution in [-0.4, -0.2) is 24.5 Å². The van der Waals surface area contributed by atoms with Gasteiger partial charge in [0.15, 0.2) is 0 Å². The van der Waals surface area contributed by atoms with E-state index in [4.69, 9.17) is 0 Å². The van der Waals surface area contributed by atoms with Crippen molar-refractivity contribution in [3.8, 4) is 0 Å². The molecule has 0 bridgehead atoms. The summed E-state index contributed by atoms with van der Waals surface area (Å²) in [6.45, 7) is 0.726. The van der Waals surface area contributed by atoms with Crippen LogP contribution >= 0.6 is 43.6 Å². The molecule has 0 aliphatic heterocycles. The van der Waals surface area contributed by atoms with Crippen LogP contribution in [0.4, 0.5) is 0 Å². The zero-order chi connectivity index (χ0) is 12.0. The predicted molar refractivity (Wildman–Crippen MR) is 77.2 cm³/mol. The Balaban J connectivity index is 2.52.